The van der Waals surface area contributed by atoms with Crippen molar-refractivity contribution in [3.05, 3.63) is 137 Å². The van der Waals surface area contributed by atoms with Gasteiger partial charge in [0.25, 0.3) is 0 Å². The average molecular weight is 587 g/mol. The van der Waals surface area contributed by atoms with Gasteiger partial charge in [-0.25, -0.2) is 4.68 Å². The van der Waals surface area contributed by atoms with Crippen LogP contribution in [0.25, 0.3) is 11.8 Å². The Hall–Kier alpha value is -5.31. The first kappa shape index (κ1) is 28.8. The second kappa shape index (κ2) is 12.9. The first-order valence-electron chi connectivity index (χ1n) is 14.7. The van der Waals surface area contributed by atoms with E-state index < -0.39 is 6.04 Å². The van der Waals surface area contributed by atoms with Crippen LogP contribution in [-0.2, 0) is 35.5 Å². The fraction of sp³-hybridized carbons (Fsp3) is 0.229. The molecule has 0 radical (unpaired) electrons. The zero-order chi connectivity index (χ0) is 30.5. The molecule has 1 aliphatic heterocycles. The van der Waals surface area contributed by atoms with Crippen molar-refractivity contribution in [1.29, 1.82) is 0 Å². The standard InChI is InChI=1S/C35H34N6O3/c1-25-32(26(2)44-37-25)16-17-34(42)40(23-28-12-14-31(15-13-28)41-21-19-36-38-41)33(22-27-8-4-3-5-9-27)35(43)39-20-18-29-10-6-7-11-30(29)24-39/h3-17,19,21,33H,18,20,22-24H2,1-2H3/t33-/m0/s1. The molecular weight excluding hydrogens is 552 g/mol. The van der Waals surface area contributed by atoms with E-state index in [1.54, 1.807) is 28.1 Å². The van der Waals surface area contributed by atoms with E-state index >= 15 is 0 Å². The molecule has 0 aliphatic carbocycles. The van der Waals surface area contributed by atoms with E-state index in [-0.39, 0.29) is 18.4 Å². The van der Waals surface area contributed by atoms with Crippen LogP contribution in [0.15, 0.2) is 102 Å². The van der Waals surface area contributed by atoms with Gasteiger partial charge in [-0.2, -0.15) is 0 Å². The van der Waals surface area contributed by atoms with Crippen molar-refractivity contribution in [1.82, 2.24) is 30.0 Å². The fourth-order valence-corrected chi connectivity index (χ4v) is 5.68. The summed E-state index contributed by atoms with van der Waals surface area (Å²) in [6.45, 7) is 5.02. The monoisotopic (exact) mass is 586 g/mol. The van der Waals surface area contributed by atoms with E-state index in [9.17, 15) is 9.59 Å². The van der Waals surface area contributed by atoms with E-state index in [2.05, 4.69) is 27.6 Å². The number of aryl methyl sites for hydroxylation is 2. The number of benzene rings is 3. The molecule has 5 aromatic rings. The Bertz CT molecular complexity index is 1740. The summed E-state index contributed by atoms with van der Waals surface area (Å²) in [5.41, 5.74) is 6.59. The highest BCUT2D eigenvalue weighted by Gasteiger charge is 2.34. The number of carbonyl (C=O) groups excluding carboxylic acids is 2. The molecule has 2 aromatic heterocycles. The summed E-state index contributed by atoms with van der Waals surface area (Å²) in [6, 6.07) is 25.2. The minimum Gasteiger partial charge on any atom is -0.361 e. The van der Waals surface area contributed by atoms with Gasteiger partial charge >= 0.3 is 0 Å². The largest absolute Gasteiger partial charge is 0.361 e. The SMILES string of the molecule is Cc1noc(C)c1C=CC(=O)N(Cc1ccc(-n2ccnn2)cc1)[C@@H](Cc1ccccc1)C(=O)N1CCc2ccccc2C1. The zero-order valence-electron chi connectivity index (χ0n) is 24.8. The van der Waals surface area contributed by atoms with Crippen LogP contribution in [0.1, 0.15) is 39.3 Å². The summed E-state index contributed by atoms with van der Waals surface area (Å²) < 4.78 is 6.98. The summed E-state index contributed by atoms with van der Waals surface area (Å²) in [7, 11) is 0. The normalized spacial score (nSPS) is 13.5. The van der Waals surface area contributed by atoms with Gasteiger partial charge in [0.1, 0.15) is 11.8 Å². The van der Waals surface area contributed by atoms with E-state index in [1.807, 2.05) is 85.5 Å². The highest BCUT2D eigenvalue weighted by atomic mass is 16.5. The zero-order valence-corrected chi connectivity index (χ0v) is 24.8. The summed E-state index contributed by atoms with van der Waals surface area (Å²) in [4.78, 5) is 32.2. The third-order valence-electron chi connectivity index (χ3n) is 8.12. The van der Waals surface area contributed by atoms with Gasteiger partial charge in [-0.3, -0.25) is 9.59 Å². The molecule has 0 saturated heterocycles. The molecule has 3 aromatic carbocycles. The first-order valence-corrected chi connectivity index (χ1v) is 14.7. The van der Waals surface area contributed by atoms with Crippen LogP contribution in [0.4, 0.5) is 0 Å². The lowest BCUT2D eigenvalue weighted by Gasteiger charge is -2.37. The van der Waals surface area contributed by atoms with Crippen molar-refractivity contribution in [2.75, 3.05) is 6.54 Å². The molecule has 9 heteroatoms. The van der Waals surface area contributed by atoms with Crippen LogP contribution in [0, 0.1) is 13.8 Å². The number of hydrogen-bond acceptors (Lipinski definition) is 6. The quantitative estimate of drug-likeness (QED) is 0.223. The van der Waals surface area contributed by atoms with Gasteiger partial charge in [0.05, 0.1) is 23.8 Å². The maximum atomic E-state index is 14.5. The van der Waals surface area contributed by atoms with Crippen molar-refractivity contribution < 1.29 is 14.1 Å². The third-order valence-corrected chi connectivity index (χ3v) is 8.12. The molecule has 9 nitrogen and oxygen atoms in total. The highest BCUT2D eigenvalue weighted by molar-refractivity contribution is 5.96. The van der Waals surface area contributed by atoms with Crippen molar-refractivity contribution in [2.24, 2.45) is 0 Å². The summed E-state index contributed by atoms with van der Waals surface area (Å²) in [6.07, 6.45) is 7.82. The third kappa shape index (κ3) is 6.36. The molecule has 0 spiro atoms. The Kier molecular flexibility index (Phi) is 8.45. The minimum absolute atomic E-state index is 0.0679. The molecule has 1 atom stereocenters. The average Bonchev–Trinajstić information content (AvgIpc) is 3.71. The van der Waals surface area contributed by atoms with Crippen LogP contribution in [0.2, 0.25) is 0 Å². The summed E-state index contributed by atoms with van der Waals surface area (Å²) in [5.74, 6) is 0.296. The number of nitrogens with zero attached hydrogens (tertiary/aromatic N) is 6. The van der Waals surface area contributed by atoms with Gasteiger partial charge in [-0.1, -0.05) is 77.1 Å². The number of hydrogen-bond donors (Lipinski definition) is 0. The van der Waals surface area contributed by atoms with Crippen LogP contribution < -0.4 is 0 Å². The van der Waals surface area contributed by atoms with Gasteiger partial charge in [0.15, 0.2) is 0 Å². The van der Waals surface area contributed by atoms with Gasteiger partial charge in [0.2, 0.25) is 11.8 Å². The molecule has 0 unspecified atom stereocenters. The molecule has 0 saturated carbocycles. The molecule has 6 rings (SSSR count). The van der Waals surface area contributed by atoms with E-state index in [4.69, 9.17) is 4.52 Å². The summed E-state index contributed by atoms with van der Waals surface area (Å²) >= 11 is 0. The maximum absolute atomic E-state index is 14.5. The Morgan fingerprint density at radius 1 is 0.955 bits per heavy atom. The van der Waals surface area contributed by atoms with Crippen molar-refractivity contribution in [2.45, 2.75) is 45.8 Å². The Labute approximate surface area is 256 Å². The molecule has 0 N–H and O–H groups in total. The molecule has 44 heavy (non-hydrogen) atoms. The molecule has 222 valence electrons. The van der Waals surface area contributed by atoms with Crippen LogP contribution in [0.3, 0.4) is 0 Å². The van der Waals surface area contributed by atoms with Crippen molar-refractivity contribution in [3.63, 3.8) is 0 Å². The number of fused-ring (bicyclic) bond motifs is 1. The smallest absolute Gasteiger partial charge is 0.247 e. The molecule has 1 aliphatic rings. The molecule has 2 amide bonds. The predicted molar refractivity (Wildman–Crippen MR) is 166 cm³/mol. The molecular formula is C35H34N6O3. The van der Waals surface area contributed by atoms with E-state index in [0.29, 0.717) is 31.0 Å². The van der Waals surface area contributed by atoms with Crippen LogP contribution in [0.5, 0.6) is 0 Å². The minimum atomic E-state index is -0.723. The lowest BCUT2D eigenvalue weighted by atomic mass is 9.97. The van der Waals surface area contributed by atoms with Gasteiger partial charge in [-0.05, 0) is 60.7 Å². The number of amides is 2. The predicted octanol–water partition coefficient (Wildman–Crippen LogP) is 5.11. The van der Waals surface area contributed by atoms with Crippen LogP contribution in [-0.4, -0.2) is 54.4 Å². The number of rotatable bonds is 9. The second-order valence-corrected chi connectivity index (χ2v) is 11.0. The van der Waals surface area contributed by atoms with Gasteiger partial charge < -0.3 is 14.3 Å². The summed E-state index contributed by atoms with van der Waals surface area (Å²) in [5, 5.41) is 12.0. The fourth-order valence-electron chi connectivity index (χ4n) is 5.68. The highest BCUT2D eigenvalue weighted by Crippen LogP contribution is 2.24. The topological polar surface area (TPSA) is 97.4 Å². The molecule has 3 heterocycles. The van der Waals surface area contributed by atoms with Gasteiger partial charge in [0, 0.05) is 37.7 Å². The molecule has 0 bridgehead atoms. The number of carbonyl (C=O) groups is 2. The van der Waals surface area contributed by atoms with Crippen molar-refractivity contribution in [3.8, 4) is 5.69 Å². The van der Waals surface area contributed by atoms with E-state index in [1.165, 1.54) is 11.6 Å². The lowest BCUT2D eigenvalue weighted by Crippen LogP contribution is -2.52. The number of aromatic nitrogens is 4. The Morgan fingerprint density at radius 2 is 1.70 bits per heavy atom. The Balaban J connectivity index is 1.35. The molecule has 0 fully saturated rings. The lowest BCUT2D eigenvalue weighted by molar-refractivity contribution is -0.144. The van der Waals surface area contributed by atoms with E-state index in [0.717, 1.165) is 34.4 Å². The van der Waals surface area contributed by atoms with Crippen LogP contribution >= 0.6 is 0 Å². The van der Waals surface area contributed by atoms with Gasteiger partial charge in [-0.15, -0.1) is 5.10 Å². The first-order chi connectivity index (χ1) is 21.5. The van der Waals surface area contributed by atoms with Crippen molar-refractivity contribution >= 4 is 17.9 Å². The maximum Gasteiger partial charge on any atom is 0.247 e. The Morgan fingerprint density at radius 3 is 2.41 bits per heavy atom. The second-order valence-electron chi connectivity index (χ2n) is 11.0.